The smallest absolute Gasteiger partial charge is 0.335 e. The summed E-state index contributed by atoms with van der Waals surface area (Å²) in [5.41, 5.74) is 2.74. The molecule has 3 aromatic rings. The molecule has 8 heteroatoms. The van der Waals surface area contributed by atoms with E-state index >= 15 is 0 Å². The zero-order valence-electron chi connectivity index (χ0n) is 17.0. The second kappa shape index (κ2) is 8.87. The molecular weight excluding hydrogens is 414 g/mol. The first-order chi connectivity index (χ1) is 15.0. The van der Waals surface area contributed by atoms with Crippen molar-refractivity contribution in [3.8, 4) is 11.3 Å². The fourth-order valence-corrected chi connectivity index (χ4v) is 4.26. The summed E-state index contributed by atoms with van der Waals surface area (Å²) in [6.45, 7) is 2.51. The molecule has 0 spiro atoms. The molecule has 1 saturated heterocycles. The van der Waals surface area contributed by atoms with Gasteiger partial charge in [-0.25, -0.2) is 4.79 Å². The van der Waals surface area contributed by atoms with E-state index in [9.17, 15) is 15.0 Å². The Hall–Kier alpha value is -3.23. The van der Waals surface area contributed by atoms with Crippen molar-refractivity contribution < 1.29 is 19.4 Å². The van der Waals surface area contributed by atoms with Gasteiger partial charge in [0.25, 0.3) is 0 Å². The number of nitrogens with zero attached hydrogens (tertiary/aromatic N) is 2. The number of carboxylic acids is 1. The van der Waals surface area contributed by atoms with Gasteiger partial charge in [-0.3, -0.25) is 4.98 Å². The van der Waals surface area contributed by atoms with Crippen LogP contribution in [0.5, 0.6) is 0 Å². The maximum absolute atomic E-state index is 11.2. The fraction of sp³-hybridized carbons (Fsp3) is 0.261. The number of benzene rings is 1. The molecule has 0 radical (unpaired) electrons. The van der Waals surface area contributed by atoms with Crippen LogP contribution in [0.25, 0.3) is 11.3 Å². The Morgan fingerprint density at radius 1 is 1.26 bits per heavy atom. The van der Waals surface area contributed by atoms with Crippen molar-refractivity contribution in [2.24, 2.45) is 0 Å². The summed E-state index contributed by atoms with van der Waals surface area (Å²) in [6, 6.07) is 14.1. The summed E-state index contributed by atoms with van der Waals surface area (Å²) < 4.78 is 6.27. The summed E-state index contributed by atoms with van der Waals surface area (Å²) >= 11 is 5.58. The average Bonchev–Trinajstić information content (AvgIpc) is 3.37. The molecular formula is C23H23N3O4S. The van der Waals surface area contributed by atoms with E-state index in [4.69, 9.17) is 16.6 Å². The number of carbonyl (C=O) groups is 1. The minimum atomic E-state index is -0.960. The van der Waals surface area contributed by atoms with Crippen LogP contribution in [0, 0.1) is 6.92 Å². The zero-order chi connectivity index (χ0) is 22.0. The number of carboxylic acid groups (broad SMARTS) is 1. The topological polar surface area (TPSA) is 98.8 Å². The van der Waals surface area contributed by atoms with Crippen LogP contribution in [0.4, 0.5) is 0 Å². The Kier molecular flexibility index (Phi) is 6.01. The first-order valence-electron chi connectivity index (χ1n) is 10.0. The second-order valence-corrected chi connectivity index (χ2v) is 7.82. The van der Waals surface area contributed by atoms with Crippen molar-refractivity contribution in [2.45, 2.75) is 25.4 Å². The quantitative estimate of drug-likeness (QED) is 0.481. The maximum atomic E-state index is 11.2. The van der Waals surface area contributed by atoms with Crippen LogP contribution >= 0.6 is 12.2 Å². The highest BCUT2D eigenvalue weighted by Crippen LogP contribution is 2.40. The molecule has 1 aliphatic heterocycles. The van der Waals surface area contributed by atoms with Crippen LogP contribution in [-0.4, -0.2) is 44.3 Å². The summed E-state index contributed by atoms with van der Waals surface area (Å²) in [6.07, 6.45) is 2.32. The van der Waals surface area contributed by atoms with Gasteiger partial charge in [0.1, 0.15) is 17.6 Å². The standard InChI is InChI=1S/C23H23N3O4S/c1-14-13-15(22(28)29)6-7-16(14)18-8-9-19(30-18)21-20(17-5-2-3-10-24-17)25-23(31)26(21)11-4-12-27/h2-3,5-10,13,20-21,27H,4,11-12H2,1H3,(H,25,31)(H,28,29)/t20-,21-/m1/s1. The Bertz CT molecular complexity index is 1100. The van der Waals surface area contributed by atoms with Crippen molar-refractivity contribution in [1.29, 1.82) is 0 Å². The molecule has 4 rings (SSSR count). The zero-order valence-corrected chi connectivity index (χ0v) is 17.8. The number of nitrogens with one attached hydrogen (secondary N) is 1. The third kappa shape index (κ3) is 4.17. The predicted octanol–water partition coefficient (Wildman–Crippen LogP) is 3.70. The first-order valence-corrected chi connectivity index (χ1v) is 10.4. The lowest BCUT2D eigenvalue weighted by Crippen LogP contribution is -2.30. The van der Waals surface area contributed by atoms with Gasteiger partial charge in [-0.15, -0.1) is 0 Å². The number of aromatic nitrogens is 1. The maximum Gasteiger partial charge on any atom is 0.335 e. The normalized spacial score (nSPS) is 18.3. The van der Waals surface area contributed by atoms with Gasteiger partial charge >= 0.3 is 5.97 Å². The molecule has 2 aromatic heterocycles. The van der Waals surface area contributed by atoms with Gasteiger partial charge in [0.15, 0.2) is 5.11 Å². The number of rotatable bonds is 7. The number of aliphatic hydroxyl groups excluding tert-OH is 1. The van der Waals surface area contributed by atoms with Gasteiger partial charge in [-0.2, -0.15) is 0 Å². The largest absolute Gasteiger partial charge is 0.478 e. The van der Waals surface area contributed by atoms with Gasteiger partial charge in [-0.1, -0.05) is 12.1 Å². The van der Waals surface area contributed by atoms with Crippen LogP contribution in [0.15, 0.2) is 59.1 Å². The average molecular weight is 438 g/mol. The van der Waals surface area contributed by atoms with Crippen molar-refractivity contribution in [3.63, 3.8) is 0 Å². The summed E-state index contributed by atoms with van der Waals surface area (Å²) in [5.74, 6) is 0.417. The Balaban J connectivity index is 1.71. The van der Waals surface area contributed by atoms with Crippen molar-refractivity contribution in [1.82, 2.24) is 15.2 Å². The van der Waals surface area contributed by atoms with Gasteiger partial charge in [0.2, 0.25) is 0 Å². The number of hydrogen-bond donors (Lipinski definition) is 3. The molecule has 3 heterocycles. The highest BCUT2D eigenvalue weighted by molar-refractivity contribution is 7.80. The van der Waals surface area contributed by atoms with Crippen LogP contribution in [0.3, 0.4) is 0 Å². The third-order valence-electron chi connectivity index (χ3n) is 5.41. The number of aromatic carboxylic acids is 1. The van der Waals surface area contributed by atoms with Crippen LogP contribution in [0.1, 0.15) is 45.9 Å². The predicted molar refractivity (Wildman–Crippen MR) is 120 cm³/mol. The second-order valence-electron chi connectivity index (χ2n) is 7.43. The van der Waals surface area contributed by atoms with Gasteiger partial charge in [-0.05, 0) is 67.5 Å². The number of furan rings is 1. The van der Waals surface area contributed by atoms with E-state index in [-0.39, 0.29) is 24.3 Å². The van der Waals surface area contributed by atoms with Crippen molar-refractivity contribution in [3.05, 3.63) is 77.3 Å². The molecule has 0 amide bonds. The molecule has 160 valence electrons. The van der Waals surface area contributed by atoms with E-state index in [0.717, 1.165) is 22.6 Å². The van der Waals surface area contributed by atoms with Crippen molar-refractivity contribution in [2.75, 3.05) is 13.2 Å². The summed E-state index contributed by atoms with van der Waals surface area (Å²) in [7, 11) is 0. The molecule has 1 fully saturated rings. The summed E-state index contributed by atoms with van der Waals surface area (Å²) in [4.78, 5) is 17.7. The lowest BCUT2D eigenvalue weighted by atomic mass is 10.0. The number of aliphatic hydroxyl groups is 1. The number of aryl methyl sites for hydroxylation is 1. The number of hydrogen-bond acceptors (Lipinski definition) is 5. The highest BCUT2D eigenvalue weighted by atomic mass is 32.1. The summed E-state index contributed by atoms with van der Waals surface area (Å²) in [5, 5.41) is 22.5. The first kappa shape index (κ1) is 21.0. The highest BCUT2D eigenvalue weighted by Gasteiger charge is 2.41. The third-order valence-corrected chi connectivity index (χ3v) is 5.76. The van der Waals surface area contributed by atoms with Crippen LogP contribution in [-0.2, 0) is 0 Å². The van der Waals surface area contributed by atoms with Gasteiger partial charge in [0, 0.05) is 24.9 Å². The minimum Gasteiger partial charge on any atom is -0.478 e. The fourth-order valence-electron chi connectivity index (χ4n) is 3.93. The van der Waals surface area contributed by atoms with Crippen LogP contribution in [0.2, 0.25) is 0 Å². The molecule has 0 bridgehead atoms. The Morgan fingerprint density at radius 3 is 2.77 bits per heavy atom. The van der Waals surface area contributed by atoms with E-state index in [1.165, 1.54) is 0 Å². The van der Waals surface area contributed by atoms with E-state index in [1.807, 2.05) is 42.2 Å². The number of pyridine rings is 1. The molecule has 31 heavy (non-hydrogen) atoms. The van der Waals surface area contributed by atoms with Gasteiger partial charge < -0.3 is 24.8 Å². The molecule has 1 aromatic carbocycles. The van der Waals surface area contributed by atoms with E-state index in [2.05, 4.69) is 10.3 Å². The lowest BCUT2D eigenvalue weighted by molar-refractivity contribution is 0.0696. The SMILES string of the molecule is Cc1cc(C(=O)O)ccc1-c1ccc([C@@H]2[C@@H](c3ccccn3)NC(=S)N2CCCO)o1. The molecule has 3 N–H and O–H groups in total. The Labute approximate surface area is 185 Å². The molecule has 0 saturated carbocycles. The van der Waals surface area contributed by atoms with Crippen LogP contribution < -0.4 is 5.32 Å². The monoisotopic (exact) mass is 437 g/mol. The van der Waals surface area contributed by atoms with Crippen molar-refractivity contribution >= 4 is 23.3 Å². The van der Waals surface area contributed by atoms with E-state index in [1.54, 1.807) is 24.4 Å². The molecule has 7 nitrogen and oxygen atoms in total. The van der Waals surface area contributed by atoms with E-state index < -0.39 is 5.97 Å². The molecule has 0 aliphatic carbocycles. The Morgan fingerprint density at radius 2 is 2.10 bits per heavy atom. The lowest BCUT2D eigenvalue weighted by Gasteiger charge is -2.25. The molecule has 1 aliphatic rings. The van der Waals surface area contributed by atoms with Gasteiger partial charge in [0.05, 0.1) is 17.3 Å². The van der Waals surface area contributed by atoms with E-state index in [0.29, 0.717) is 23.8 Å². The molecule has 2 atom stereocenters. The molecule has 0 unspecified atom stereocenters. The minimum absolute atomic E-state index is 0.0681. The number of thiocarbonyl (C=S) groups is 1.